The maximum Gasteiger partial charge on any atom is 0.417 e. The van der Waals surface area contributed by atoms with Gasteiger partial charge in [0, 0.05) is 32.6 Å². The molecular formula is C28H27F10N5O2. The highest BCUT2D eigenvalue weighted by Crippen LogP contribution is 2.40. The number of alkyl halides is 9. The Hall–Kier alpha value is -3.89. The maximum absolute atomic E-state index is 13.9. The van der Waals surface area contributed by atoms with Crippen LogP contribution in [-0.2, 0) is 23.1 Å². The second kappa shape index (κ2) is 12.5. The average molecular weight is 656 g/mol. The molecule has 7 nitrogen and oxygen atoms in total. The van der Waals surface area contributed by atoms with Crippen LogP contribution in [0.4, 0.5) is 43.9 Å². The number of amides is 2. The summed E-state index contributed by atoms with van der Waals surface area (Å²) < 4.78 is 132. The van der Waals surface area contributed by atoms with Gasteiger partial charge in [-0.25, -0.2) is 9.38 Å². The van der Waals surface area contributed by atoms with Crippen LogP contribution in [0.5, 0.6) is 0 Å². The first kappa shape index (κ1) is 34.0. The van der Waals surface area contributed by atoms with E-state index in [4.69, 9.17) is 5.73 Å². The van der Waals surface area contributed by atoms with Gasteiger partial charge in [-0.2, -0.15) is 39.5 Å². The van der Waals surface area contributed by atoms with Gasteiger partial charge >= 0.3 is 18.5 Å². The summed E-state index contributed by atoms with van der Waals surface area (Å²) in [4.78, 5) is 34.0. The van der Waals surface area contributed by atoms with Crippen molar-refractivity contribution in [3.05, 3.63) is 70.5 Å². The number of carbonyl (C=O) groups is 2. The lowest BCUT2D eigenvalue weighted by Crippen LogP contribution is -2.51. The van der Waals surface area contributed by atoms with Crippen LogP contribution in [0.1, 0.15) is 46.3 Å². The van der Waals surface area contributed by atoms with Crippen molar-refractivity contribution >= 4 is 17.8 Å². The summed E-state index contributed by atoms with van der Waals surface area (Å²) in [5, 5.41) is 0. The largest absolute Gasteiger partial charge is 0.417 e. The molecule has 2 N–H and O–H groups in total. The van der Waals surface area contributed by atoms with E-state index in [-0.39, 0.29) is 37.3 Å². The third-order valence-electron chi connectivity index (χ3n) is 7.52. The number of hydrogen-bond acceptors (Lipinski definition) is 5. The zero-order valence-corrected chi connectivity index (χ0v) is 23.4. The molecule has 0 unspecified atom stereocenters. The van der Waals surface area contributed by atoms with Gasteiger partial charge in [0.2, 0.25) is 0 Å². The highest BCUT2D eigenvalue weighted by molar-refractivity contribution is 6.07. The molecule has 0 radical (unpaired) electrons. The number of hydrogen-bond donors (Lipinski definition) is 1. The van der Waals surface area contributed by atoms with Gasteiger partial charge in [0.25, 0.3) is 11.8 Å². The Morgan fingerprint density at radius 2 is 1.51 bits per heavy atom. The van der Waals surface area contributed by atoms with Crippen LogP contribution >= 0.6 is 0 Å². The summed E-state index contributed by atoms with van der Waals surface area (Å²) in [5.74, 6) is -3.13. The minimum absolute atomic E-state index is 0.0150. The van der Waals surface area contributed by atoms with Crippen molar-refractivity contribution in [2.45, 2.75) is 49.9 Å². The lowest BCUT2D eigenvalue weighted by molar-refractivity contribution is -0.148. The zero-order valence-electron chi connectivity index (χ0n) is 23.4. The van der Waals surface area contributed by atoms with Gasteiger partial charge < -0.3 is 10.6 Å². The predicted molar refractivity (Wildman–Crippen MR) is 140 cm³/mol. The van der Waals surface area contributed by atoms with Crippen LogP contribution in [-0.4, -0.2) is 77.6 Å². The minimum Gasteiger partial charge on any atom is -0.369 e. The highest BCUT2D eigenvalue weighted by atomic mass is 19.4. The monoisotopic (exact) mass is 655 g/mol. The number of nitrogens with zero attached hydrogens (tertiary/aromatic N) is 4. The molecule has 1 saturated heterocycles. The quantitative estimate of drug-likeness (QED) is 0.384. The first-order chi connectivity index (χ1) is 20.8. The summed E-state index contributed by atoms with van der Waals surface area (Å²) in [5.41, 5.74) is 1.96. The van der Waals surface area contributed by atoms with Gasteiger partial charge in [-0.1, -0.05) is 18.2 Å². The molecular weight excluding hydrogens is 628 g/mol. The van der Waals surface area contributed by atoms with Crippen molar-refractivity contribution in [3.63, 3.8) is 0 Å². The van der Waals surface area contributed by atoms with Crippen LogP contribution in [0, 0.1) is 5.82 Å². The van der Waals surface area contributed by atoms with E-state index in [2.05, 4.69) is 4.99 Å². The topological polar surface area (TPSA) is 82.2 Å². The molecule has 246 valence electrons. The Balaban J connectivity index is 1.60. The molecule has 2 aliphatic rings. The molecule has 0 aliphatic carbocycles. The Morgan fingerprint density at radius 1 is 0.889 bits per heavy atom. The van der Waals surface area contributed by atoms with E-state index in [0.29, 0.717) is 6.07 Å². The second-order valence-corrected chi connectivity index (χ2v) is 10.8. The number of carbonyl (C=O) groups excluding carboxylic acids is 2. The zero-order chi connectivity index (χ0) is 33.4. The summed E-state index contributed by atoms with van der Waals surface area (Å²) in [6, 6.07) is 6.80. The van der Waals surface area contributed by atoms with E-state index >= 15 is 0 Å². The molecule has 2 aromatic rings. The molecule has 45 heavy (non-hydrogen) atoms. The van der Waals surface area contributed by atoms with Crippen LogP contribution in [0.2, 0.25) is 0 Å². The van der Waals surface area contributed by atoms with Gasteiger partial charge in [0.15, 0.2) is 11.5 Å². The molecule has 0 spiro atoms. The van der Waals surface area contributed by atoms with E-state index in [1.165, 1.54) is 12.1 Å². The van der Waals surface area contributed by atoms with Crippen LogP contribution in [0.15, 0.2) is 47.5 Å². The van der Waals surface area contributed by atoms with Crippen molar-refractivity contribution in [3.8, 4) is 0 Å². The van der Waals surface area contributed by atoms with Crippen LogP contribution < -0.4 is 5.73 Å². The lowest BCUT2D eigenvalue weighted by atomic mass is 9.84. The summed E-state index contributed by atoms with van der Waals surface area (Å²) in [7, 11) is 0. The third-order valence-corrected chi connectivity index (χ3v) is 7.52. The lowest BCUT2D eigenvalue weighted by Gasteiger charge is -2.35. The van der Waals surface area contributed by atoms with Crippen LogP contribution in [0.25, 0.3) is 0 Å². The number of guanidine groups is 1. The molecule has 2 amide bonds. The number of benzene rings is 2. The second-order valence-electron chi connectivity index (χ2n) is 10.8. The van der Waals surface area contributed by atoms with Crippen molar-refractivity contribution < 1.29 is 53.5 Å². The Labute approximate surface area is 250 Å². The third kappa shape index (κ3) is 8.04. The van der Waals surface area contributed by atoms with E-state index in [9.17, 15) is 53.5 Å². The van der Waals surface area contributed by atoms with Crippen LogP contribution in [0.3, 0.4) is 0 Å². The molecule has 1 fully saturated rings. The van der Waals surface area contributed by atoms with Gasteiger partial charge in [-0.3, -0.25) is 19.4 Å². The standard InChI is InChI=1S/C28H27F10N5O2/c29-19-5-3-18(4-6-19)25(8-1-9-26(30,31)32)23(45)43(24(39)40-25)15-17-2-7-21(28(36,37)38)20(14-17)22(44)42-12-10-41(11-13-42)16-27(33,34)35/h2-7,14H,1,8-13,15-16H2,(H2,39,40)/t25-/m1/s1. The summed E-state index contributed by atoms with van der Waals surface area (Å²) >= 11 is 0. The Kier molecular flexibility index (Phi) is 9.43. The van der Waals surface area contributed by atoms with Gasteiger partial charge in [0.05, 0.1) is 24.2 Å². The summed E-state index contributed by atoms with van der Waals surface area (Å²) in [6.45, 7) is -2.73. The predicted octanol–water partition coefficient (Wildman–Crippen LogP) is 5.45. The van der Waals surface area contributed by atoms with Crippen molar-refractivity contribution in [2.24, 2.45) is 10.7 Å². The fourth-order valence-corrected chi connectivity index (χ4v) is 5.38. The molecule has 4 rings (SSSR count). The summed E-state index contributed by atoms with van der Waals surface area (Å²) in [6.07, 6.45) is -16.3. The first-order valence-corrected chi connectivity index (χ1v) is 13.6. The molecule has 0 bridgehead atoms. The molecule has 2 heterocycles. The molecule has 2 aliphatic heterocycles. The van der Waals surface area contributed by atoms with Crippen molar-refractivity contribution in [1.82, 2.24) is 14.7 Å². The van der Waals surface area contributed by atoms with E-state index in [1.54, 1.807) is 0 Å². The molecule has 0 saturated carbocycles. The number of halogens is 10. The molecule has 17 heteroatoms. The van der Waals surface area contributed by atoms with Gasteiger partial charge in [0.1, 0.15) is 5.82 Å². The van der Waals surface area contributed by atoms with E-state index in [0.717, 1.165) is 39.0 Å². The van der Waals surface area contributed by atoms with E-state index in [1.807, 2.05) is 0 Å². The fraction of sp³-hybridized carbons (Fsp3) is 0.464. The number of piperazine rings is 1. The Bertz CT molecular complexity index is 1430. The van der Waals surface area contributed by atoms with Gasteiger partial charge in [-0.15, -0.1) is 0 Å². The number of aliphatic imine (C=N–C) groups is 1. The fourth-order valence-electron chi connectivity index (χ4n) is 5.38. The highest BCUT2D eigenvalue weighted by Gasteiger charge is 2.49. The molecule has 1 atom stereocenters. The normalized spacial score (nSPS) is 20.1. The number of rotatable bonds is 8. The molecule has 2 aromatic carbocycles. The SMILES string of the molecule is NC1=N[C@](CCCC(F)(F)F)(c2ccc(F)cc2)C(=O)N1Cc1ccc(C(F)(F)F)c(C(=O)N2CCN(CC(F)(F)F)CC2)c1. The average Bonchev–Trinajstić information content (AvgIpc) is 3.16. The maximum atomic E-state index is 13.9. The van der Waals surface area contributed by atoms with Gasteiger partial charge in [-0.05, 0) is 48.2 Å². The number of nitrogens with two attached hydrogens (primary N) is 1. The first-order valence-electron chi connectivity index (χ1n) is 13.6. The Morgan fingerprint density at radius 3 is 2.07 bits per heavy atom. The van der Waals surface area contributed by atoms with Crippen molar-refractivity contribution in [2.75, 3.05) is 32.7 Å². The molecule has 0 aromatic heterocycles. The minimum atomic E-state index is -4.98. The van der Waals surface area contributed by atoms with Crippen molar-refractivity contribution in [1.29, 1.82) is 0 Å². The van der Waals surface area contributed by atoms with E-state index < -0.39 is 91.1 Å². The smallest absolute Gasteiger partial charge is 0.369 e.